The minimum Gasteiger partial charge on any atom is -0.497 e. The first-order valence-corrected chi connectivity index (χ1v) is 6.66. The molecule has 18 heavy (non-hydrogen) atoms. The smallest absolute Gasteiger partial charge is 0.226 e. The van der Waals surface area contributed by atoms with E-state index in [1.165, 1.54) is 5.56 Å². The molecular formula is C15H21NO2. The summed E-state index contributed by atoms with van der Waals surface area (Å²) >= 11 is 0. The lowest BCUT2D eigenvalue weighted by Crippen LogP contribution is -2.39. The van der Waals surface area contributed by atoms with Crippen molar-refractivity contribution in [2.75, 3.05) is 18.6 Å². The van der Waals surface area contributed by atoms with Crippen molar-refractivity contribution in [3.05, 3.63) is 23.8 Å². The number of hydrogen-bond acceptors (Lipinski definition) is 2. The molecule has 0 aromatic heterocycles. The van der Waals surface area contributed by atoms with Crippen molar-refractivity contribution in [3.8, 4) is 5.75 Å². The number of rotatable bonds is 3. The van der Waals surface area contributed by atoms with Gasteiger partial charge in [-0.2, -0.15) is 0 Å². The summed E-state index contributed by atoms with van der Waals surface area (Å²) in [5, 5.41) is 0. The van der Waals surface area contributed by atoms with E-state index < -0.39 is 0 Å². The van der Waals surface area contributed by atoms with E-state index in [1.54, 1.807) is 7.11 Å². The van der Waals surface area contributed by atoms with Gasteiger partial charge in [0.25, 0.3) is 0 Å². The number of benzene rings is 1. The number of anilines is 1. The highest BCUT2D eigenvalue weighted by Gasteiger charge is 2.26. The average molecular weight is 247 g/mol. The van der Waals surface area contributed by atoms with Crippen molar-refractivity contribution in [2.45, 2.75) is 33.1 Å². The maximum atomic E-state index is 12.0. The van der Waals surface area contributed by atoms with E-state index in [2.05, 4.69) is 13.0 Å². The van der Waals surface area contributed by atoms with Gasteiger partial charge >= 0.3 is 0 Å². The Morgan fingerprint density at radius 3 is 2.83 bits per heavy atom. The highest BCUT2D eigenvalue weighted by Crippen LogP contribution is 2.33. The fourth-order valence-corrected chi connectivity index (χ4v) is 2.55. The summed E-state index contributed by atoms with van der Waals surface area (Å²) in [6.07, 6.45) is 2.70. The van der Waals surface area contributed by atoms with Crippen LogP contribution in [0.25, 0.3) is 0 Å². The Balaban J connectivity index is 2.38. The van der Waals surface area contributed by atoms with Gasteiger partial charge in [0.05, 0.1) is 7.11 Å². The Labute approximate surface area is 109 Å². The Morgan fingerprint density at radius 2 is 2.22 bits per heavy atom. The standard InChI is InChI=1S/C15H21NO2/c1-4-11-8-12-9-13(18-3)6-7-14(12)16(10-11)15(17)5-2/h6-7,9,11H,4-5,8,10H2,1-3H3. The zero-order valence-corrected chi connectivity index (χ0v) is 11.4. The molecule has 1 aromatic carbocycles. The Hall–Kier alpha value is -1.51. The fraction of sp³-hybridized carbons (Fsp3) is 0.533. The molecule has 1 heterocycles. The van der Waals surface area contributed by atoms with Crippen molar-refractivity contribution in [2.24, 2.45) is 5.92 Å². The van der Waals surface area contributed by atoms with E-state index in [-0.39, 0.29) is 5.91 Å². The van der Waals surface area contributed by atoms with Crippen LogP contribution < -0.4 is 9.64 Å². The van der Waals surface area contributed by atoms with E-state index >= 15 is 0 Å². The molecule has 0 fully saturated rings. The third-order valence-corrected chi connectivity index (χ3v) is 3.71. The average Bonchev–Trinajstić information content (AvgIpc) is 2.44. The quantitative estimate of drug-likeness (QED) is 0.821. The minimum atomic E-state index is 0.208. The van der Waals surface area contributed by atoms with Gasteiger partial charge in [-0.25, -0.2) is 0 Å². The lowest BCUT2D eigenvalue weighted by atomic mass is 9.90. The van der Waals surface area contributed by atoms with Crippen LogP contribution in [0.4, 0.5) is 5.69 Å². The predicted molar refractivity (Wildman–Crippen MR) is 73.1 cm³/mol. The van der Waals surface area contributed by atoms with Crippen LogP contribution in [-0.2, 0) is 11.2 Å². The molecule has 1 amide bonds. The third-order valence-electron chi connectivity index (χ3n) is 3.71. The Kier molecular flexibility index (Phi) is 3.90. The molecule has 0 radical (unpaired) electrons. The van der Waals surface area contributed by atoms with Crippen molar-refractivity contribution < 1.29 is 9.53 Å². The van der Waals surface area contributed by atoms with Crippen LogP contribution in [-0.4, -0.2) is 19.6 Å². The van der Waals surface area contributed by atoms with Crippen LogP contribution in [0.2, 0.25) is 0 Å². The summed E-state index contributed by atoms with van der Waals surface area (Å²) in [5.41, 5.74) is 2.29. The number of amides is 1. The summed E-state index contributed by atoms with van der Waals surface area (Å²) in [5.74, 6) is 1.63. The number of carbonyl (C=O) groups excluding carboxylic acids is 1. The first-order valence-electron chi connectivity index (χ1n) is 6.66. The molecule has 0 saturated heterocycles. The van der Waals surface area contributed by atoms with Gasteiger partial charge in [-0.15, -0.1) is 0 Å². The molecule has 1 unspecified atom stereocenters. The molecule has 0 saturated carbocycles. The number of nitrogens with zero attached hydrogens (tertiary/aromatic N) is 1. The summed E-state index contributed by atoms with van der Waals surface area (Å²) in [6, 6.07) is 6.00. The van der Waals surface area contributed by atoms with Crippen LogP contribution in [0, 0.1) is 5.92 Å². The van der Waals surface area contributed by atoms with Crippen LogP contribution >= 0.6 is 0 Å². The normalized spacial score (nSPS) is 18.4. The zero-order valence-electron chi connectivity index (χ0n) is 11.4. The van der Waals surface area contributed by atoms with Crippen molar-refractivity contribution in [1.82, 2.24) is 0 Å². The second kappa shape index (κ2) is 5.42. The Bertz CT molecular complexity index is 442. The molecule has 0 spiro atoms. The predicted octanol–water partition coefficient (Wildman–Crippen LogP) is 3.02. The van der Waals surface area contributed by atoms with E-state index in [4.69, 9.17) is 4.74 Å². The van der Waals surface area contributed by atoms with Crippen LogP contribution in [0.3, 0.4) is 0 Å². The van der Waals surface area contributed by atoms with E-state index in [1.807, 2.05) is 24.0 Å². The summed E-state index contributed by atoms with van der Waals surface area (Å²) in [4.78, 5) is 14.0. The lowest BCUT2D eigenvalue weighted by molar-refractivity contribution is -0.118. The summed E-state index contributed by atoms with van der Waals surface area (Å²) in [6.45, 7) is 4.95. The molecule has 3 nitrogen and oxygen atoms in total. The largest absolute Gasteiger partial charge is 0.497 e. The van der Waals surface area contributed by atoms with Crippen molar-refractivity contribution >= 4 is 11.6 Å². The molecule has 3 heteroatoms. The van der Waals surface area contributed by atoms with Gasteiger partial charge in [-0.05, 0) is 36.1 Å². The minimum absolute atomic E-state index is 0.208. The SMILES string of the molecule is CCC(=O)N1CC(CC)Cc2cc(OC)ccc21. The maximum absolute atomic E-state index is 12.0. The Morgan fingerprint density at radius 1 is 1.44 bits per heavy atom. The molecule has 0 N–H and O–H groups in total. The molecule has 2 rings (SSSR count). The van der Waals surface area contributed by atoms with Gasteiger partial charge in [0.2, 0.25) is 5.91 Å². The van der Waals surface area contributed by atoms with Gasteiger partial charge in [0, 0.05) is 18.7 Å². The van der Waals surface area contributed by atoms with Crippen LogP contribution in [0.15, 0.2) is 18.2 Å². The summed E-state index contributed by atoms with van der Waals surface area (Å²) in [7, 11) is 1.68. The highest BCUT2D eigenvalue weighted by molar-refractivity contribution is 5.94. The number of hydrogen-bond donors (Lipinski definition) is 0. The molecule has 0 bridgehead atoms. The number of carbonyl (C=O) groups is 1. The van der Waals surface area contributed by atoms with Crippen LogP contribution in [0.1, 0.15) is 32.3 Å². The summed E-state index contributed by atoms with van der Waals surface area (Å²) < 4.78 is 5.27. The number of fused-ring (bicyclic) bond motifs is 1. The highest BCUT2D eigenvalue weighted by atomic mass is 16.5. The second-order valence-corrected chi connectivity index (χ2v) is 4.83. The maximum Gasteiger partial charge on any atom is 0.226 e. The van der Waals surface area contributed by atoms with E-state index in [0.29, 0.717) is 12.3 Å². The second-order valence-electron chi connectivity index (χ2n) is 4.83. The molecule has 1 atom stereocenters. The van der Waals surface area contributed by atoms with Gasteiger partial charge in [0.1, 0.15) is 5.75 Å². The van der Waals surface area contributed by atoms with Crippen molar-refractivity contribution in [3.63, 3.8) is 0 Å². The molecule has 0 aliphatic carbocycles. The number of methoxy groups -OCH3 is 1. The first kappa shape index (κ1) is 12.9. The van der Waals surface area contributed by atoms with Crippen LogP contribution in [0.5, 0.6) is 5.75 Å². The fourth-order valence-electron chi connectivity index (χ4n) is 2.55. The zero-order chi connectivity index (χ0) is 13.1. The topological polar surface area (TPSA) is 29.5 Å². The monoisotopic (exact) mass is 247 g/mol. The molecular weight excluding hydrogens is 226 g/mol. The molecule has 98 valence electrons. The van der Waals surface area contributed by atoms with E-state index in [9.17, 15) is 4.79 Å². The van der Waals surface area contributed by atoms with Crippen molar-refractivity contribution in [1.29, 1.82) is 0 Å². The molecule has 1 aromatic rings. The lowest BCUT2D eigenvalue weighted by Gasteiger charge is -2.34. The van der Waals surface area contributed by atoms with Gasteiger partial charge in [-0.1, -0.05) is 20.3 Å². The number of ether oxygens (including phenoxy) is 1. The van der Waals surface area contributed by atoms with E-state index in [0.717, 1.165) is 30.8 Å². The third kappa shape index (κ3) is 2.35. The molecule has 1 aliphatic heterocycles. The van der Waals surface area contributed by atoms with Gasteiger partial charge in [-0.3, -0.25) is 4.79 Å². The van der Waals surface area contributed by atoms with Gasteiger partial charge in [0.15, 0.2) is 0 Å². The van der Waals surface area contributed by atoms with Gasteiger partial charge < -0.3 is 9.64 Å². The first-order chi connectivity index (χ1) is 8.69. The molecule has 1 aliphatic rings.